The molecule has 0 aliphatic carbocycles. The number of unbranched alkanes of at least 4 members (excludes halogenated alkanes) is 15. The summed E-state index contributed by atoms with van der Waals surface area (Å²) in [5.41, 5.74) is 18.1. The van der Waals surface area contributed by atoms with Crippen LogP contribution < -0.4 is 0 Å². The van der Waals surface area contributed by atoms with Gasteiger partial charge in [0.15, 0.2) is 19.1 Å². The fraction of sp³-hybridized carbons (Fsp3) is 0.412. The van der Waals surface area contributed by atoms with Crippen molar-refractivity contribution in [3.8, 4) is 45.5 Å². The number of imidazole rings is 4. The Kier molecular flexibility index (Phi) is 44.8. The van der Waals surface area contributed by atoms with E-state index < -0.39 is 0 Å². The van der Waals surface area contributed by atoms with Gasteiger partial charge < -0.3 is 138 Å². The quantitative estimate of drug-likeness (QED) is 0.0161. The molecule has 8 aromatic carbocycles. The van der Waals surface area contributed by atoms with E-state index in [-0.39, 0.29) is 33.0 Å². The first-order valence-corrected chi connectivity index (χ1v) is 49.2. The maximum atomic E-state index is 5.95. The Bertz CT molecular complexity index is 5450. The number of aromatic nitrogens is 8. The van der Waals surface area contributed by atoms with Gasteiger partial charge in [-0.2, -0.15) is 0 Å². The third kappa shape index (κ3) is 27.4. The molecule has 4 heterocycles. The predicted octanol–water partition coefficient (Wildman–Crippen LogP) is 30.4. The van der Waals surface area contributed by atoms with Gasteiger partial charge in [-0.05, 0) is 221 Å². The molecule has 8 nitrogen and oxygen atoms in total. The first kappa shape index (κ1) is 105. The van der Waals surface area contributed by atoms with Crippen molar-refractivity contribution in [3.05, 3.63) is 258 Å². The molecule has 1 unspecified atom stereocenters. The van der Waals surface area contributed by atoms with Crippen LogP contribution in [0.5, 0.6) is 0 Å². The second kappa shape index (κ2) is 52.8. The monoisotopic (exact) mass is 1960 g/mol. The van der Waals surface area contributed by atoms with E-state index in [1.54, 1.807) is 0 Å². The second-order valence-electron chi connectivity index (χ2n) is 33.4. The molecule has 12 aromatic rings. The van der Waals surface area contributed by atoms with Crippen molar-refractivity contribution >= 4 is 150 Å². The number of hydrogen-bond donors (Lipinski definition) is 0. The van der Waals surface area contributed by atoms with Gasteiger partial charge in [0.05, 0.1) is 0 Å². The van der Waals surface area contributed by atoms with E-state index in [4.69, 9.17) is 150 Å². The second-order valence-corrected chi connectivity index (χ2v) is 38.0. The summed E-state index contributed by atoms with van der Waals surface area (Å²) in [6.07, 6.45) is 31.3. The molecule has 0 saturated carbocycles. The smallest absolute Gasteiger partial charge is 0.186 e. The minimum Gasteiger partial charge on any atom is -0.762 e. The summed E-state index contributed by atoms with van der Waals surface area (Å²) in [7, 11) is 0. The van der Waals surface area contributed by atoms with Gasteiger partial charge in [0.25, 0.3) is 0 Å². The van der Waals surface area contributed by atoms with Crippen molar-refractivity contribution in [2.75, 3.05) is 0 Å². The maximum absolute atomic E-state index is 5.95. The van der Waals surface area contributed by atoms with E-state index in [2.05, 4.69) is 230 Å². The van der Waals surface area contributed by atoms with Crippen LogP contribution in [0.4, 0.5) is 0 Å². The summed E-state index contributed by atoms with van der Waals surface area (Å²) in [5.74, 6) is 2.26. The van der Waals surface area contributed by atoms with Crippen LogP contribution in [0.1, 0.15) is 287 Å². The number of aryl methyl sites for hydroxylation is 3. The summed E-state index contributed by atoms with van der Waals surface area (Å²) < 4.78 is 18.1. The molecule has 0 aliphatic rings. The van der Waals surface area contributed by atoms with Crippen LogP contribution in [0.25, 0.3) is 45.5 Å². The fourth-order valence-corrected chi connectivity index (χ4v) is 20.2. The molecular weight excluding hydrogens is 1840 g/mol. The van der Waals surface area contributed by atoms with Gasteiger partial charge in [-0.25, -0.2) is 0 Å². The van der Waals surface area contributed by atoms with Crippen molar-refractivity contribution in [2.45, 2.75) is 308 Å². The van der Waals surface area contributed by atoms with Crippen LogP contribution in [0.2, 0.25) is 0 Å². The summed E-state index contributed by atoms with van der Waals surface area (Å²) in [6, 6.07) is 67.0. The molecule has 0 bridgehead atoms. The van der Waals surface area contributed by atoms with Gasteiger partial charge in [-0.1, -0.05) is 340 Å². The Morgan fingerprint density at radius 3 is 0.871 bits per heavy atom. The van der Waals surface area contributed by atoms with Crippen LogP contribution >= 0.6 is 48.9 Å². The molecule has 0 aliphatic heterocycles. The third-order valence-electron chi connectivity index (χ3n) is 22.6. The van der Waals surface area contributed by atoms with Crippen molar-refractivity contribution in [3.63, 3.8) is 0 Å². The maximum Gasteiger partial charge on any atom is 0.186 e. The standard InChI is InChI=1S/C39H60N2S3.3C21H24N2S3.2Ni/c1-5-6-7-8-9-10-11-12-13-14-15-16-17-18-19-20-23-32(4)28-33-24-21-26-35(29-33)40-37(42)38(43)41(39(40)44)36-27-22-25-34(30-36)31(2)3;2*1-4-9-15-10-5-7-12-17(15)22-19(24)20(25)23(21(22)26)18-13-8-6-11-16(18)14(2)3;1-4-7-15-8-5-10-17(12-15)22-19(24)20(25)23(21(22)26)18-11-6-9-16(13-18)14(2)3;;/h21-22,24-27,29-32,42-43H,5-20,23,28H2,1-4H3;2*5-8,10-14,24-25H,4,9H2,1-3H3;5-6,8-14,24-25H,4,7H2,1-3H3;;/p-8. The van der Waals surface area contributed by atoms with Crippen LogP contribution in [0.3, 0.4) is 0 Å². The van der Waals surface area contributed by atoms with Gasteiger partial charge in [0.2, 0.25) is 0 Å². The van der Waals surface area contributed by atoms with Crippen LogP contribution in [-0.4, -0.2) is 36.5 Å². The summed E-state index contributed by atoms with van der Waals surface area (Å²) in [5, 5.41) is 4.81. The van der Waals surface area contributed by atoms with Crippen molar-refractivity contribution in [2.24, 2.45) is 5.92 Å². The van der Waals surface area contributed by atoms with Crippen LogP contribution in [0, 0.1) is 25.0 Å². The number of benzene rings is 8. The zero-order valence-electron chi connectivity index (χ0n) is 74.4. The Balaban J connectivity index is 0.000000233. The summed E-state index contributed by atoms with van der Waals surface area (Å²) in [6.45, 7) is 28.7. The molecule has 0 amide bonds. The Labute approximate surface area is 828 Å². The molecule has 12 rings (SSSR count). The van der Waals surface area contributed by atoms with E-state index >= 15 is 0 Å². The Morgan fingerprint density at radius 2 is 0.532 bits per heavy atom. The molecule has 0 N–H and O–H groups in total. The molecule has 124 heavy (non-hydrogen) atoms. The van der Waals surface area contributed by atoms with Crippen LogP contribution in [0.15, 0.2) is 234 Å². The van der Waals surface area contributed by atoms with E-state index in [1.165, 1.54) is 154 Å². The molecule has 0 spiro atoms. The first-order valence-electron chi connectivity index (χ1n) is 44.3. The van der Waals surface area contributed by atoms with E-state index in [0.29, 0.717) is 88.9 Å². The van der Waals surface area contributed by atoms with E-state index in [9.17, 15) is 0 Å². The largest absolute Gasteiger partial charge is 0.762 e. The van der Waals surface area contributed by atoms with Gasteiger partial charge in [-0.3, -0.25) is 0 Å². The van der Waals surface area contributed by atoms with Gasteiger partial charge in [0, 0.05) is 78.5 Å². The van der Waals surface area contributed by atoms with Gasteiger partial charge >= 0.3 is 0 Å². The van der Waals surface area contributed by atoms with E-state index in [0.717, 1.165) is 90.4 Å². The summed E-state index contributed by atoms with van der Waals surface area (Å²) >= 11 is 69.2. The average molecular weight is 1960 g/mol. The van der Waals surface area contributed by atoms with Crippen LogP contribution in [-0.2, 0) is 160 Å². The SMILES string of the molecule is CCCCCCCCCCCCCCCCCCC(C)Cc1cccc(-n2c([S-])c([S-])n(-c3cccc(C(C)C)c3)c2=S)c1.CCCc1cccc(-n2c([S-])c([S-])n(-c3cccc(C(C)C)c3)c2=S)c1.CCCc1ccccc1-n1c([S-])c([S-])n(-c2ccccc2C(C)C)c1=S.CCCc1ccccc1-n1c([S-])c([S-])n(-c2ccccc2C(C)C)c1=S.[Ni].[Ni]. The molecule has 4 aromatic heterocycles. The molecular formula is C102H124N8Ni2S12-8. The number of nitrogens with zero attached hydrogens (tertiary/aromatic N) is 8. The minimum atomic E-state index is 0. The predicted molar refractivity (Wildman–Crippen MR) is 544 cm³/mol. The van der Waals surface area contributed by atoms with Gasteiger partial charge in [0.1, 0.15) is 0 Å². The normalized spacial score (nSPS) is 11.4. The van der Waals surface area contributed by atoms with Gasteiger partial charge in [-0.15, -0.1) is 40.2 Å². The molecule has 672 valence electrons. The fourth-order valence-electron chi connectivity index (χ4n) is 16.0. The van der Waals surface area contributed by atoms with Crippen molar-refractivity contribution in [1.29, 1.82) is 0 Å². The van der Waals surface area contributed by atoms with Crippen molar-refractivity contribution in [1.82, 2.24) is 36.5 Å². The molecule has 0 saturated heterocycles. The molecule has 0 radical (unpaired) electrons. The first-order chi connectivity index (χ1) is 58.7. The van der Waals surface area contributed by atoms with Crippen molar-refractivity contribution < 1.29 is 33.0 Å². The van der Waals surface area contributed by atoms with E-state index in [1.807, 2.05) is 91.1 Å². The average Bonchev–Trinajstić information content (AvgIpc) is 1.62. The summed E-state index contributed by atoms with van der Waals surface area (Å²) in [4.78, 5) is 0. The number of para-hydroxylation sites is 4. The Hall–Kier alpha value is -5.77. The number of hydrogen-bond acceptors (Lipinski definition) is 12. The molecule has 0 fully saturated rings. The minimum absolute atomic E-state index is 0. The Morgan fingerprint density at radius 1 is 0.258 bits per heavy atom. The zero-order chi connectivity index (χ0) is 88.3. The topological polar surface area (TPSA) is 39.4 Å². The third-order valence-corrected chi connectivity index (χ3v) is 27.6. The zero-order valence-corrected chi connectivity index (χ0v) is 86.2. The molecule has 1 atom stereocenters. The molecule has 22 heteroatoms. The number of rotatable bonds is 37.